The summed E-state index contributed by atoms with van der Waals surface area (Å²) in [5.41, 5.74) is 7.12. The zero-order valence-corrected chi connectivity index (χ0v) is 8.56. The van der Waals surface area contributed by atoms with Crippen molar-refractivity contribution < 1.29 is 4.74 Å². The summed E-state index contributed by atoms with van der Waals surface area (Å²) in [6.07, 6.45) is 1.90. The first-order valence-electron chi connectivity index (χ1n) is 4.63. The average molecular weight is 198 g/mol. The van der Waals surface area contributed by atoms with Crippen LogP contribution in [0.1, 0.15) is 35.0 Å². The molecule has 1 atom stereocenters. The number of hydrogen-bond donors (Lipinski definition) is 1. The Morgan fingerprint density at radius 2 is 2.54 bits per heavy atom. The van der Waals surface area contributed by atoms with Gasteiger partial charge < -0.3 is 10.5 Å². The van der Waals surface area contributed by atoms with Gasteiger partial charge in [-0.15, -0.1) is 11.3 Å². The van der Waals surface area contributed by atoms with Crippen molar-refractivity contribution in [2.24, 2.45) is 5.73 Å². The predicted molar refractivity (Wildman–Crippen MR) is 52.7 cm³/mol. The van der Waals surface area contributed by atoms with E-state index < -0.39 is 0 Å². The van der Waals surface area contributed by atoms with Crippen LogP contribution in [0.4, 0.5) is 0 Å². The molecular weight excluding hydrogens is 184 g/mol. The van der Waals surface area contributed by atoms with Crippen LogP contribution in [0.2, 0.25) is 0 Å². The monoisotopic (exact) mass is 198 g/mol. The van der Waals surface area contributed by atoms with E-state index in [0.717, 1.165) is 31.1 Å². The Hall–Kier alpha value is -0.450. The molecule has 1 aromatic heterocycles. The molecule has 1 unspecified atom stereocenters. The minimum Gasteiger partial charge on any atom is -0.375 e. The highest BCUT2D eigenvalue weighted by molar-refractivity contribution is 7.11. The van der Waals surface area contributed by atoms with E-state index in [-0.39, 0.29) is 6.04 Å². The van der Waals surface area contributed by atoms with E-state index in [1.807, 2.05) is 0 Å². The molecular formula is C9H14N2OS. The highest BCUT2D eigenvalue weighted by Crippen LogP contribution is 2.27. The van der Waals surface area contributed by atoms with Gasteiger partial charge in [-0.2, -0.15) is 0 Å². The van der Waals surface area contributed by atoms with Gasteiger partial charge in [0.1, 0.15) is 5.01 Å². The van der Waals surface area contributed by atoms with Crippen LogP contribution in [0.25, 0.3) is 0 Å². The van der Waals surface area contributed by atoms with Crippen molar-refractivity contribution in [1.82, 2.24) is 4.98 Å². The average Bonchev–Trinajstić information content (AvgIpc) is 2.59. The van der Waals surface area contributed by atoms with Crippen LogP contribution in [0.5, 0.6) is 0 Å². The molecule has 2 heterocycles. The Morgan fingerprint density at radius 1 is 1.69 bits per heavy atom. The summed E-state index contributed by atoms with van der Waals surface area (Å²) in [5.74, 6) is 0. The van der Waals surface area contributed by atoms with Gasteiger partial charge in [0, 0.05) is 6.42 Å². The maximum atomic E-state index is 5.91. The number of hydrogen-bond acceptors (Lipinski definition) is 4. The normalized spacial score (nSPS) is 18.3. The minimum atomic E-state index is 0.107. The fourth-order valence-electron chi connectivity index (χ4n) is 1.38. The second-order valence-electron chi connectivity index (χ2n) is 3.24. The molecule has 0 saturated carbocycles. The van der Waals surface area contributed by atoms with Gasteiger partial charge in [0.2, 0.25) is 0 Å². The van der Waals surface area contributed by atoms with E-state index in [2.05, 4.69) is 11.9 Å². The van der Waals surface area contributed by atoms with Crippen LogP contribution in [0.15, 0.2) is 0 Å². The number of thiazole rings is 1. The van der Waals surface area contributed by atoms with E-state index in [0.29, 0.717) is 0 Å². The maximum absolute atomic E-state index is 5.91. The lowest BCUT2D eigenvalue weighted by Gasteiger charge is -2.08. The first kappa shape index (κ1) is 9.12. The van der Waals surface area contributed by atoms with Crippen molar-refractivity contribution in [3.05, 3.63) is 15.6 Å². The van der Waals surface area contributed by atoms with Gasteiger partial charge in [-0.3, -0.25) is 0 Å². The number of nitrogens with zero attached hydrogens (tertiary/aromatic N) is 1. The topological polar surface area (TPSA) is 48.1 Å². The van der Waals surface area contributed by atoms with Gasteiger partial charge in [-0.25, -0.2) is 4.98 Å². The van der Waals surface area contributed by atoms with Crippen molar-refractivity contribution in [3.8, 4) is 0 Å². The number of nitrogens with two attached hydrogens (primary N) is 1. The van der Waals surface area contributed by atoms with Crippen LogP contribution in [-0.4, -0.2) is 11.6 Å². The second-order valence-corrected chi connectivity index (χ2v) is 4.35. The van der Waals surface area contributed by atoms with E-state index >= 15 is 0 Å². The molecule has 2 N–H and O–H groups in total. The molecule has 0 fully saturated rings. The molecule has 0 radical (unpaired) electrons. The van der Waals surface area contributed by atoms with Gasteiger partial charge in [-0.05, 0) is 6.42 Å². The van der Waals surface area contributed by atoms with Gasteiger partial charge in [0.25, 0.3) is 0 Å². The third-order valence-electron chi connectivity index (χ3n) is 2.27. The zero-order valence-electron chi connectivity index (χ0n) is 7.75. The summed E-state index contributed by atoms with van der Waals surface area (Å²) in [7, 11) is 0. The third kappa shape index (κ3) is 1.75. The molecule has 3 nitrogen and oxygen atoms in total. The van der Waals surface area contributed by atoms with Gasteiger partial charge in [0.05, 0.1) is 29.8 Å². The largest absolute Gasteiger partial charge is 0.375 e. The van der Waals surface area contributed by atoms with Crippen LogP contribution >= 0.6 is 11.3 Å². The Kier molecular flexibility index (Phi) is 2.62. The molecule has 1 aliphatic heterocycles. The molecule has 0 spiro atoms. The fraction of sp³-hybridized carbons (Fsp3) is 0.667. The quantitative estimate of drug-likeness (QED) is 0.785. The number of fused-ring (bicyclic) bond motifs is 1. The molecule has 2 rings (SSSR count). The fourth-order valence-corrected chi connectivity index (χ4v) is 2.51. The second kappa shape index (κ2) is 3.74. The first-order chi connectivity index (χ1) is 6.31. The van der Waals surface area contributed by atoms with Crippen LogP contribution in [0.3, 0.4) is 0 Å². The van der Waals surface area contributed by atoms with Crippen molar-refractivity contribution in [2.75, 3.05) is 6.61 Å². The van der Waals surface area contributed by atoms with E-state index in [1.165, 1.54) is 10.6 Å². The van der Waals surface area contributed by atoms with Crippen molar-refractivity contribution >= 4 is 11.3 Å². The number of rotatable bonds is 2. The molecule has 0 bridgehead atoms. The highest BCUT2D eigenvalue weighted by atomic mass is 32.1. The van der Waals surface area contributed by atoms with Gasteiger partial charge in [-0.1, -0.05) is 6.92 Å². The molecule has 0 aromatic carbocycles. The molecule has 1 aromatic rings. The van der Waals surface area contributed by atoms with Crippen LogP contribution < -0.4 is 5.73 Å². The van der Waals surface area contributed by atoms with Crippen LogP contribution in [-0.2, 0) is 17.8 Å². The lowest BCUT2D eigenvalue weighted by Crippen LogP contribution is -2.09. The summed E-state index contributed by atoms with van der Waals surface area (Å²) in [6.45, 7) is 3.61. The molecule has 0 amide bonds. The number of ether oxygens (including phenoxy) is 1. The van der Waals surface area contributed by atoms with Gasteiger partial charge in [0.15, 0.2) is 0 Å². The summed E-state index contributed by atoms with van der Waals surface area (Å²) >= 11 is 1.71. The Bertz CT molecular complexity index is 274. The first-order valence-corrected chi connectivity index (χ1v) is 5.44. The third-order valence-corrected chi connectivity index (χ3v) is 3.47. The van der Waals surface area contributed by atoms with Crippen LogP contribution in [0, 0.1) is 0 Å². The SMILES string of the molecule is CCC(N)c1nc2c(s1)COCC2. The summed E-state index contributed by atoms with van der Waals surface area (Å²) in [5, 5.41) is 1.07. The molecule has 0 aliphatic carbocycles. The molecule has 72 valence electrons. The molecule has 13 heavy (non-hydrogen) atoms. The summed E-state index contributed by atoms with van der Waals surface area (Å²) in [4.78, 5) is 5.80. The van der Waals surface area contributed by atoms with Crippen molar-refractivity contribution in [1.29, 1.82) is 0 Å². The van der Waals surface area contributed by atoms with E-state index in [9.17, 15) is 0 Å². The van der Waals surface area contributed by atoms with Crippen molar-refractivity contribution in [3.63, 3.8) is 0 Å². The lowest BCUT2D eigenvalue weighted by molar-refractivity contribution is 0.112. The maximum Gasteiger partial charge on any atom is 0.110 e. The van der Waals surface area contributed by atoms with E-state index in [1.54, 1.807) is 11.3 Å². The molecule has 4 heteroatoms. The van der Waals surface area contributed by atoms with Crippen molar-refractivity contribution in [2.45, 2.75) is 32.4 Å². The minimum absolute atomic E-state index is 0.107. The predicted octanol–water partition coefficient (Wildman–Crippen LogP) is 1.63. The zero-order chi connectivity index (χ0) is 9.26. The highest BCUT2D eigenvalue weighted by Gasteiger charge is 2.17. The standard InChI is InChI=1S/C9H14N2OS/c1-2-6(10)9-11-7-3-4-12-5-8(7)13-9/h6H,2-5,10H2,1H3. The Morgan fingerprint density at radius 3 is 3.23 bits per heavy atom. The number of aromatic nitrogens is 1. The molecule has 0 saturated heterocycles. The Balaban J connectivity index is 2.25. The Labute approximate surface area is 81.9 Å². The molecule has 1 aliphatic rings. The smallest absolute Gasteiger partial charge is 0.110 e. The van der Waals surface area contributed by atoms with Gasteiger partial charge >= 0.3 is 0 Å². The van der Waals surface area contributed by atoms with E-state index in [4.69, 9.17) is 10.5 Å². The lowest BCUT2D eigenvalue weighted by atomic mass is 10.2. The summed E-state index contributed by atoms with van der Waals surface area (Å²) < 4.78 is 5.35. The summed E-state index contributed by atoms with van der Waals surface area (Å²) in [6, 6.07) is 0.107.